The predicted molar refractivity (Wildman–Crippen MR) is 79.8 cm³/mol. The second-order valence-electron chi connectivity index (χ2n) is 5.86. The number of aryl methyl sites for hydroxylation is 1. The van der Waals surface area contributed by atoms with Crippen molar-refractivity contribution in [1.82, 2.24) is 5.32 Å². The van der Waals surface area contributed by atoms with Crippen LogP contribution in [0.25, 0.3) is 0 Å². The van der Waals surface area contributed by atoms with E-state index in [1.54, 1.807) is 6.07 Å². The molecule has 0 bridgehead atoms. The molecule has 1 aliphatic rings. The quantitative estimate of drug-likeness (QED) is 0.853. The summed E-state index contributed by atoms with van der Waals surface area (Å²) < 4.78 is 26.2. The molecule has 0 aromatic heterocycles. The van der Waals surface area contributed by atoms with Crippen molar-refractivity contribution in [2.75, 3.05) is 0 Å². The monoisotopic (exact) mass is 287 g/mol. The van der Waals surface area contributed by atoms with Crippen molar-refractivity contribution in [1.29, 1.82) is 0 Å². The van der Waals surface area contributed by atoms with E-state index in [1.807, 2.05) is 0 Å². The van der Waals surface area contributed by atoms with Crippen LogP contribution in [0.4, 0.5) is 8.78 Å². The lowest BCUT2D eigenvalue weighted by molar-refractivity contribution is 0.475. The predicted octanol–water partition coefficient (Wildman–Crippen LogP) is 4.51. The molecule has 0 aliphatic heterocycles. The Hall–Kier alpha value is -1.74. The van der Waals surface area contributed by atoms with E-state index in [4.69, 9.17) is 0 Å². The van der Waals surface area contributed by atoms with Crippen molar-refractivity contribution < 1.29 is 8.78 Å². The van der Waals surface area contributed by atoms with Crippen LogP contribution in [-0.2, 0) is 6.54 Å². The second-order valence-corrected chi connectivity index (χ2v) is 5.86. The summed E-state index contributed by atoms with van der Waals surface area (Å²) in [5, 5.41) is 3.49. The van der Waals surface area contributed by atoms with E-state index in [1.165, 1.54) is 36.1 Å². The number of halogens is 2. The first-order chi connectivity index (χ1) is 10.1. The van der Waals surface area contributed by atoms with Crippen molar-refractivity contribution in [3.8, 4) is 0 Å². The average molecular weight is 287 g/mol. The lowest BCUT2D eigenvalue weighted by Gasteiger charge is -2.19. The Labute approximate surface area is 124 Å². The van der Waals surface area contributed by atoms with Crippen LogP contribution in [0.15, 0.2) is 42.5 Å². The molecule has 0 saturated heterocycles. The Morgan fingerprint density at radius 2 is 1.76 bits per heavy atom. The van der Waals surface area contributed by atoms with Crippen LogP contribution in [0.2, 0.25) is 0 Å². The molecule has 0 heterocycles. The Bertz CT molecular complexity index is 618. The molecule has 1 N–H and O–H groups in total. The average Bonchev–Trinajstić information content (AvgIpc) is 3.29. The Balaban J connectivity index is 1.71. The fourth-order valence-electron chi connectivity index (χ4n) is 2.64. The topological polar surface area (TPSA) is 12.0 Å². The summed E-state index contributed by atoms with van der Waals surface area (Å²) in [5.41, 5.74) is 3.28. The van der Waals surface area contributed by atoms with Crippen molar-refractivity contribution >= 4 is 0 Å². The lowest BCUT2D eigenvalue weighted by atomic mass is 10.0. The third-order valence-electron chi connectivity index (χ3n) is 4.04. The molecule has 0 amide bonds. The highest BCUT2D eigenvalue weighted by Crippen LogP contribution is 2.41. The summed E-state index contributed by atoms with van der Waals surface area (Å²) in [4.78, 5) is 0. The molecule has 1 nitrogen and oxygen atoms in total. The van der Waals surface area contributed by atoms with Crippen molar-refractivity contribution in [3.63, 3.8) is 0 Å². The van der Waals surface area contributed by atoms with Gasteiger partial charge in [-0.05, 0) is 48.9 Å². The molecule has 3 rings (SSSR count). The van der Waals surface area contributed by atoms with Gasteiger partial charge in [-0.25, -0.2) is 8.78 Å². The first-order valence-electron chi connectivity index (χ1n) is 7.37. The zero-order valence-corrected chi connectivity index (χ0v) is 12.1. The van der Waals surface area contributed by atoms with E-state index in [2.05, 4.69) is 36.5 Å². The van der Waals surface area contributed by atoms with Gasteiger partial charge in [0.25, 0.3) is 0 Å². The van der Waals surface area contributed by atoms with Crippen LogP contribution < -0.4 is 5.32 Å². The number of hydrogen-bond acceptors (Lipinski definition) is 1. The van der Waals surface area contributed by atoms with Crippen LogP contribution in [0.5, 0.6) is 0 Å². The Morgan fingerprint density at radius 1 is 1.05 bits per heavy atom. The van der Waals surface area contributed by atoms with Gasteiger partial charge in [0.2, 0.25) is 0 Å². The summed E-state index contributed by atoms with van der Waals surface area (Å²) >= 11 is 0. The summed E-state index contributed by atoms with van der Waals surface area (Å²) in [6.07, 6.45) is 2.45. The van der Waals surface area contributed by atoms with Gasteiger partial charge in [0.15, 0.2) is 11.6 Å². The van der Waals surface area contributed by atoms with Crippen molar-refractivity contribution in [3.05, 3.63) is 70.8 Å². The zero-order chi connectivity index (χ0) is 14.8. The summed E-state index contributed by atoms with van der Waals surface area (Å²) in [6.45, 7) is 2.62. The fourth-order valence-corrected chi connectivity index (χ4v) is 2.64. The number of nitrogens with one attached hydrogen (secondary N) is 1. The maximum Gasteiger partial charge on any atom is 0.159 e. The third-order valence-corrected chi connectivity index (χ3v) is 4.04. The van der Waals surface area contributed by atoms with Gasteiger partial charge < -0.3 is 5.32 Å². The van der Waals surface area contributed by atoms with E-state index >= 15 is 0 Å². The number of rotatable bonds is 5. The van der Waals surface area contributed by atoms with Gasteiger partial charge in [0, 0.05) is 12.6 Å². The molecule has 2 aromatic carbocycles. The minimum atomic E-state index is -0.795. The Kier molecular flexibility index (Phi) is 4.02. The smallest absolute Gasteiger partial charge is 0.159 e. The summed E-state index contributed by atoms with van der Waals surface area (Å²) in [6, 6.07) is 12.9. The highest BCUT2D eigenvalue weighted by Gasteiger charge is 2.31. The summed E-state index contributed by atoms with van der Waals surface area (Å²) in [5.74, 6) is -0.929. The normalized spacial score (nSPS) is 16.0. The van der Waals surface area contributed by atoms with Gasteiger partial charge in [-0.2, -0.15) is 0 Å². The number of hydrogen-bond donors (Lipinski definition) is 1. The molecule has 1 saturated carbocycles. The first-order valence-corrected chi connectivity index (χ1v) is 7.37. The largest absolute Gasteiger partial charge is 0.306 e. The molecule has 1 atom stereocenters. The third kappa shape index (κ3) is 3.48. The summed E-state index contributed by atoms with van der Waals surface area (Å²) in [7, 11) is 0. The van der Waals surface area contributed by atoms with Crippen LogP contribution >= 0.6 is 0 Å². The van der Waals surface area contributed by atoms with Gasteiger partial charge >= 0.3 is 0 Å². The molecular formula is C18H19F2N. The zero-order valence-electron chi connectivity index (χ0n) is 12.1. The molecule has 110 valence electrons. The SMILES string of the molecule is Cc1ccc(C(NCc2ccc(F)c(F)c2)C2CC2)cc1. The van der Waals surface area contributed by atoms with Gasteiger partial charge in [-0.15, -0.1) is 0 Å². The van der Waals surface area contributed by atoms with Gasteiger partial charge in [0.05, 0.1) is 0 Å². The van der Waals surface area contributed by atoms with E-state index in [0.717, 1.165) is 5.56 Å². The molecule has 2 aromatic rings. The molecule has 0 spiro atoms. The highest BCUT2D eigenvalue weighted by molar-refractivity contribution is 5.26. The van der Waals surface area contributed by atoms with Crippen molar-refractivity contribution in [2.24, 2.45) is 5.92 Å². The number of benzene rings is 2. The molecular weight excluding hydrogens is 268 g/mol. The maximum absolute atomic E-state index is 13.2. The minimum absolute atomic E-state index is 0.290. The van der Waals surface area contributed by atoms with Crippen LogP contribution in [0.1, 0.15) is 35.6 Å². The van der Waals surface area contributed by atoms with E-state index in [9.17, 15) is 8.78 Å². The van der Waals surface area contributed by atoms with E-state index in [-0.39, 0.29) is 0 Å². The highest BCUT2D eigenvalue weighted by atomic mass is 19.2. The molecule has 1 aliphatic carbocycles. The van der Waals surface area contributed by atoms with E-state index in [0.29, 0.717) is 18.5 Å². The fraction of sp³-hybridized carbons (Fsp3) is 0.333. The van der Waals surface area contributed by atoms with Crippen LogP contribution in [-0.4, -0.2) is 0 Å². The molecule has 1 fully saturated rings. The molecule has 21 heavy (non-hydrogen) atoms. The standard InChI is InChI=1S/C18H19F2N/c1-12-2-5-14(6-3-12)18(15-7-8-15)21-11-13-4-9-16(19)17(20)10-13/h2-6,9-10,15,18,21H,7-8,11H2,1H3. The van der Waals surface area contributed by atoms with Gasteiger partial charge in [-0.1, -0.05) is 35.9 Å². The van der Waals surface area contributed by atoms with Gasteiger partial charge in [0.1, 0.15) is 0 Å². The minimum Gasteiger partial charge on any atom is -0.306 e. The molecule has 0 radical (unpaired) electrons. The Morgan fingerprint density at radius 3 is 2.38 bits per heavy atom. The van der Waals surface area contributed by atoms with Crippen molar-refractivity contribution in [2.45, 2.75) is 32.4 Å². The maximum atomic E-state index is 13.2. The van der Waals surface area contributed by atoms with Crippen LogP contribution in [0, 0.1) is 24.5 Å². The molecule has 1 unspecified atom stereocenters. The second kappa shape index (κ2) is 5.94. The van der Waals surface area contributed by atoms with Crippen LogP contribution in [0.3, 0.4) is 0 Å². The van der Waals surface area contributed by atoms with E-state index < -0.39 is 11.6 Å². The molecule has 3 heteroatoms. The van der Waals surface area contributed by atoms with Gasteiger partial charge in [-0.3, -0.25) is 0 Å². The first kappa shape index (κ1) is 14.2. The lowest BCUT2D eigenvalue weighted by Crippen LogP contribution is -2.22.